The van der Waals surface area contributed by atoms with Crippen LogP contribution in [0.25, 0.3) is 0 Å². The van der Waals surface area contributed by atoms with Crippen molar-refractivity contribution in [3.63, 3.8) is 0 Å². The summed E-state index contributed by atoms with van der Waals surface area (Å²) >= 11 is 12.8. The number of hydrogen-bond acceptors (Lipinski definition) is 5. The molecule has 2 amide bonds. The topological polar surface area (TPSA) is 96.0 Å². The third-order valence-electron chi connectivity index (χ3n) is 7.89. The number of nitrogens with zero attached hydrogens (tertiary/aromatic N) is 2. The molecule has 0 aliphatic rings. The Balaban J connectivity index is 1.56. The number of sulfonamides is 1. The molecule has 0 fully saturated rings. The van der Waals surface area contributed by atoms with E-state index in [0.29, 0.717) is 40.1 Å². The van der Waals surface area contributed by atoms with Gasteiger partial charge in [0.05, 0.1) is 10.6 Å². The second-order valence-electron chi connectivity index (χ2n) is 11.5. The smallest absolute Gasteiger partial charge is 0.264 e. The zero-order valence-corrected chi connectivity index (χ0v) is 29.7. The maximum absolute atomic E-state index is 14.7. The van der Waals surface area contributed by atoms with E-state index in [1.165, 1.54) is 17.0 Å². The fourth-order valence-corrected chi connectivity index (χ4v) is 7.21. The summed E-state index contributed by atoms with van der Waals surface area (Å²) in [4.78, 5) is 29.9. The lowest BCUT2D eigenvalue weighted by Crippen LogP contribution is -2.53. The van der Waals surface area contributed by atoms with Crippen molar-refractivity contribution in [3.8, 4) is 11.5 Å². The van der Waals surface area contributed by atoms with E-state index in [0.717, 1.165) is 9.87 Å². The lowest BCUT2D eigenvalue weighted by Gasteiger charge is -2.34. The first-order valence-corrected chi connectivity index (χ1v) is 18.3. The highest BCUT2D eigenvalue weighted by Crippen LogP contribution is 2.29. The van der Waals surface area contributed by atoms with E-state index in [4.69, 9.17) is 27.9 Å². The first-order valence-electron chi connectivity index (χ1n) is 16.1. The minimum atomic E-state index is -4.26. The average Bonchev–Trinajstić information content (AvgIpc) is 3.13. The van der Waals surface area contributed by atoms with E-state index in [1.54, 1.807) is 60.7 Å². The van der Waals surface area contributed by atoms with Crippen molar-refractivity contribution in [1.82, 2.24) is 10.2 Å². The molecule has 1 atom stereocenters. The van der Waals surface area contributed by atoms with E-state index < -0.39 is 28.5 Å². The molecule has 5 aromatic carbocycles. The highest BCUT2D eigenvalue weighted by molar-refractivity contribution is 7.92. The van der Waals surface area contributed by atoms with Gasteiger partial charge in [-0.15, -0.1) is 0 Å². The van der Waals surface area contributed by atoms with Gasteiger partial charge in [-0.1, -0.05) is 103 Å². The van der Waals surface area contributed by atoms with Gasteiger partial charge in [-0.05, 0) is 78.2 Å². The Morgan fingerprint density at radius 1 is 0.780 bits per heavy atom. The minimum Gasteiger partial charge on any atom is -0.457 e. The van der Waals surface area contributed by atoms with E-state index >= 15 is 0 Å². The number of carbonyl (C=O) groups is 2. The van der Waals surface area contributed by atoms with Gasteiger partial charge in [0, 0.05) is 29.6 Å². The molecule has 0 saturated carbocycles. The number of halogens is 2. The summed E-state index contributed by atoms with van der Waals surface area (Å²) in [6, 6.07) is 36.8. The molecule has 5 rings (SSSR count). The van der Waals surface area contributed by atoms with Gasteiger partial charge in [0.2, 0.25) is 11.8 Å². The highest BCUT2D eigenvalue weighted by atomic mass is 35.5. The third-order valence-corrected chi connectivity index (χ3v) is 10.3. The maximum Gasteiger partial charge on any atom is 0.264 e. The number of ether oxygens (including phenoxy) is 1. The molecule has 0 aliphatic heterocycles. The van der Waals surface area contributed by atoms with Gasteiger partial charge < -0.3 is 15.0 Å². The van der Waals surface area contributed by atoms with Crippen LogP contribution in [0.15, 0.2) is 138 Å². The van der Waals surface area contributed by atoms with Crippen molar-refractivity contribution in [2.75, 3.05) is 17.4 Å². The zero-order valence-electron chi connectivity index (χ0n) is 27.4. The standard InChI is InChI=1S/C39H37Cl2N3O5S/c1-2-24-42-39(46)37(25-29-12-6-3-7-13-29)43(27-30-18-19-31(40)26-36(30)41)38(45)28-44(50(47,48)35-16-10-5-11-17-35)32-20-22-34(23-21-32)49-33-14-8-4-9-15-33/h3-23,26,37H,2,24-25,27-28H2,1H3,(H,42,46)/t37-/m1/s1. The van der Waals surface area contributed by atoms with Crippen LogP contribution in [0.4, 0.5) is 5.69 Å². The molecule has 0 heterocycles. The first kappa shape index (κ1) is 36.5. The molecule has 0 saturated heterocycles. The van der Waals surface area contributed by atoms with Crippen LogP contribution in [0.5, 0.6) is 11.5 Å². The van der Waals surface area contributed by atoms with Crippen LogP contribution in [0.3, 0.4) is 0 Å². The van der Waals surface area contributed by atoms with Gasteiger partial charge in [-0.3, -0.25) is 13.9 Å². The normalized spacial score (nSPS) is 11.7. The van der Waals surface area contributed by atoms with Gasteiger partial charge in [0.15, 0.2) is 0 Å². The monoisotopic (exact) mass is 729 g/mol. The molecule has 258 valence electrons. The molecule has 0 bridgehead atoms. The number of benzene rings is 5. The van der Waals surface area contributed by atoms with E-state index in [2.05, 4.69) is 5.32 Å². The van der Waals surface area contributed by atoms with Crippen LogP contribution in [-0.4, -0.2) is 44.3 Å². The fraction of sp³-hybridized carbons (Fsp3) is 0.179. The van der Waals surface area contributed by atoms with Gasteiger partial charge in [0.1, 0.15) is 24.1 Å². The molecular weight excluding hydrogens is 693 g/mol. The van der Waals surface area contributed by atoms with Crippen LogP contribution in [-0.2, 0) is 32.6 Å². The van der Waals surface area contributed by atoms with Gasteiger partial charge in [-0.25, -0.2) is 8.42 Å². The number of carbonyl (C=O) groups excluding carboxylic acids is 2. The summed E-state index contributed by atoms with van der Waals surface area (Å²) in [5.74, 6) is 0.131. The Hall–Kier alpha value is -4.83. The molecule has 8 nitrogen and oxygen atoms in total. The number of para-hydroxylation sites is 1. The quantitative estimate of drug-likeness (QED) is 0.117. The molecule has 50 heavy (non-hydrogen) atoms. The number of rotatable bonds is 15. The van der Waals surface area contributed by atoms with Crippen LogP contribution in [0.2, 0.25) is 10.0 Å². The Morgan fingerprint density at radius 3 is 2.00 bits per heavy atom. The Kier molecular flexibility index (Phi) is 12.5. The van der Waals surface area contributed by atoms with Crippen molar-refractivity contribution >= 4 is 50.7 Å². The van der Waals surface area contributed by atoms with Gasteiger partial charge in [-0.2, -0.15) is 0 Å². The molecule has 0 radical (unpaired) electrons. The summed E-state index contributed by atoms with van der Waals surface area (Å²) in [5.41, 5.74) is 1.61. The lowest BCUT2D eigenvalue weighted by molar-refractivity contribution is -0.140. The van der Waals surface area contributed by atoms with Crippen LogP contribution < -0.4 is 14.4 Å². The molecule has 5 aromatic rings. The molecule has 1 N–H and O–H groups in total. The summed E-state index contributed by atoms with van der Waals surface area (Å²) in [7, 11) is -4.26. The molecule has 0 aliphatic carbocycles. The number of amides is 2. The predicted molar refractivity (Wildman–Crippen MR) is 198 cm³/mol. The van der Waals surface area contributed by atoms with Crippen molar-refractivity contribution in [2.24, 2.45) is 0 Å². The van der Waals surface area contributed by atoms with Crippen molar-refractivity contribution in [1.29, 1.82) is 0 Å². The second kappa shape index (κ2) is 17.2. The van der Waals surface area contributed by atoms with Gasteiger partial charge >= 0.3 is 0 Å². The van der Waals surface area contributed by atoms with Crippen molar-refractivity contribution in [3.05, 3.63) is 155 Å². The zero-order chi connectivity index (χ0) is 35.5. The SMILES string of the molecule is CCCNC(=O)[C@@H](Cc1ccccc1)N(Cc1ccc(Cl)cc1Cl)C(=O)CN(c1ccc(Oc2ccccc2)cc1)S(=O)(=O)c1ccccc1. The number of hydrogen-bond donors (Lipinski definition) is 1. The second-order valence-corrected chi connectivity index (χ2v) is 14.2. The van der Waals surface area contributed by atoms with Crippen molar-refractivity contribution in [2.45, 2.75) is 37.2 Å². The highest BCUT2D eigenvalue weighted by Gasteiger charge is 2.35. The summed E-state index contributed by atoms with van der Waals surface area (Å²) in [5, 5.41) is 3.66. The summed E-state index contributed by atoms with van der Waals surface area (Å²) < 4.78 is 35.5. The largest absolute Gasteiger partial charge is 0.457 e. The fourth-order valence-electron chi connectivity index (χ4n) is 5.31. The summed E-state index contributed by atoms with van der Waals surface area (Å²) in [6.07, 6.45) is 0.873. The number of nitrogens with one attached hydrogen (secondary N) is 1. The van der Waals surface area contributed by atoms with Gasteiger partial charge in [0.25, 0.3) is 10.0 Å². The van der Waals surface area contributed by atoms with E-state index in [1.807, 2.05) is 67.6 Å². The average molecular weight is 731 g/mol. The van der Waals surface area contributed by atoms with Crippen LogP contribution >= 0.6 is 23.2 Å². The molecule has 0 aromatic heterocycles. The lowest BCUT2D eigenvalue weighted by atomic mass is 10.0. The Bertz CT molecular complexity index is 1980. The Labute approximate surface area is 303 Å². The minimum absolute atomic E-state index is 0.00577. The van der Waals surface area contributed by atoms with E-state index in [9.17, 15) is 18.0 Å². The number of anilines is 1. The maximum atomic E-state index is 14.7. The molecule has 11 heteroatoms. The molecular formula is C39H37Cl2N3O5S. The third kappa shape index (κ3) is 9.44. The van der Waals surface area contributed by atoms with Crippen LogP contribution in [0, 0.1) is 0 Å². The summed E-state index contributed by atoms with van der Waals surface area (Å²) in [6.45, 7) is 1.66. The van der Waals surface area contributed by atoms with E-state index in [-0.39, 0.29) is 29.5 Å². The molecule has 0 spiro atoms. The molecule has 0 unspecified atom stereocenters. The van der Waals surface area contributed by atoms with Crippen LogP contribution in [0.1, 0.15) is 24.5 Å². The Morgan fingerprint density at radius 2 is 1.38 bits per heavy atom. The first-order chi connectivity index (χ1) is 24.2. The van der Waals surface area contributed by atoms with Crippen molar-refractivity contribution < 1.29 is 22.7 Å². The predicted octanol–water partition coefficient (Wildman–Crippen LogP) is 8.15.